The first-order chi connectivity index (χ1) is 6.34. The van der Waals surface area contributed by atoms with Gasteiger partial charge in [0.1, 0.15) is 6.10 Å². The molecule has 14 heavy (non-hydrogen) atoms. The molecule has 0 rings (SSSR count). The minimum absolute atomic E-state index is 0.101. The van der Waals surface area contributed by atoms with Crippen molar-refractivity contribution in [1.29, 1.82) is 0 Å². The lowest BCUT2D eigenvalue weighted by Gasteiger charge is -2.30. The quantitative estimate of drug-likeness (QED) is 0.682. The van der Waals surface area contributed by atoms with Crippen LogP contribution >= 0.6 is 0 Å². The fourth-order valence-electron chi connectivity index (χ4n) is 1.39. The molecule has 2 nitrogen and oxygen atoms in total. The maximum Gasteiger partial charge on any atom is 0.164 e. The van der Waals surface area contributed by atoms with Crippen LogP contribution in [0.2, 0.25) is 0 Å². The van der Waals surface area contributed by atoms with E-state index in [1.807, 2.05) is 41.5 Å². The second-order valence-corrected chi connectivity index (χ2v) is 4.91. The molecule has 0 aliphatic heterocycles. The summed E-state index contributed by atoms with van der Waals surface area (Å²) in [5.74, 6) is 0.340. The lowest BCUT2D eigenvalue weighted by molar-refractivity contribution is -0.141. The SMILES string of the molecule is CCOC(C(=O)C(C)CC)C(C)(C)C. The Hall–Kier alpha value is -0.370. The molecule has 0 heterocycles. The van der Waals surface area contributed by atoms with Crippen molar-refractivity contribution in [1.82, 2.24) is 0 Å². The van der Waals surface area contributed by atoms with E-state index in [4.69, 9.17) is 4.74 Å². The highest BCUT2D eigenvalue weighted by Gasteiger charge is 2.33. The van der Waals surface area contributed by atoms with Crippen molar-refractivity contribution in [2.75, 3.05) is 6.61 Å². The number of hydrogen-bond acceptors (Lipinski definition) is 2. The van der Waals surface area contributed by atoms with Gasteiger partial charge < -0.3 is 4.74 Å². The van der Waals surface area contributed by atoms with Gasteiger partial charge in [-0.2, -0.15) is 0 Å². The Balaban J connectivity index is 4.57. The normalized spacial score (nSPS) is 16.4. The first-order valence-electron chi connectivity index (χ1n) is 5.49. The summed E-state index contributed by atoms with van der Waals surface area (Å²) < 4.78 is 5.54. The second-order valence-electron chi connectivity index (χ2n) is 4.91. The topological polar surface area (TPSA) is 26.3 Å². The Kier molecular flexibility index (Phi) is 5.35. The zero-order chi connectivity index (χ0) is 11.4. The molecule has 0 amide bonds. The summed E-state index contributed by atoms with van der Waals surface area (Å²) >= 11 is 0. The molecule has 2 atom stereocenters. The molecule has 0 radical (unpaired) electrons. The summed E-state index contributed by atoms with van der Waals surface area (Å²) in [6.45, 7) is 12.7. The Labute approximate surface area is 88.0 Å². The van der Waals surface area contributed by atoms with Gasteiger partial charge in [-0.05, 0) is 18.8 Å². The van der Waals surface area contributed by atoms with Gasteiger partial charge in [0.2, 0.25) is 0 Å². The van der Waals surface area contributed by atoms with Crippen molar-refractivity contribution >= 4 is 5.78 Å². The van der Waals surface area contributed by atoms with E-state index in [9.17, 15) is 4.79 Å². The van der Waals surface area contributed by atoms with Crippen molar-refractivity contribution in [3.8, 4) is 0 Å². The van der Waals surface area contributed by atoms with E-state index in [0.717, 1.165) is 6.42 Å². The van der Waals surface area contributed by atoms with Crippen molar-refractivity contribution in [2.24, 2.45) is 11.3 Å². The van der Waals surface area contributed by atoms with Crippen LogP contribution in [0.3, 0.4) is 0 Å². The summed E-state index contributed by atoms with van der Waals surface area (Å²) in [7, 11) is 0. The Morgan fingerprint density at radius 3 is 2.07 bits per heavy atom. The monoisotopic (exact) mass is 200 g/mol. The zero-order valence-corrected chi connectivity index (χ0v) is 10.4. The van der Waals surface area contributed by atoms with Gasteiger partial charge >= 0.3 is 0 Å². The summed E-state index contributed by atoms with van der Waals surface area (Å²) in [5.41, 5.74) is -0.101. The number of carbonyl (C=O) groups is 1. The average molecular weight is 200 g/mol. The molecule has 0 aromatic carbocycles. The molecule has 0 aliphatic rings. The zero-order valence-electron chi connectivity index (χ0n) is 10.4. The fourth-order valence-corrected chi connectivity index (χ4v) is 1.39. The van der Waals surface area contributed by atoms with Crippen LogP contribution in [0.5, 0.6) is 0 Å². The lowest BCUT2D eigenvalue weighted by Crippen LogP contribution is -2.39. The lowest BCUT2D eigenvalue weighted by atomic mass is 9.82. The van der Waals surface area contributed by atoms with Gasteiger partial charge in [0.15, 0.2) is 5.78 Å². The summed E-state index contributed by atoms with van der Waals surface area (Å²) in [4.78, 5) is 12.0. The summed E-state index contributed by atoms with van der Waals surface area (Å²) in [6.07, 6.45) is 0.626. The van der Waals surface area contributed by atoms with Gasteiger partial charge in [0.25, 0.3) is 0 Å². The van der Waals surface area contributed by atoms with Gasteiger partial charge in [-0.15, -0.1) is 0 Å². The van der Waals surface area contributed by atoms with Crippen molar-refractivity contribution in [3.63, 3.8) is 0 Å². The van der Waals surface area contributed by atoms with E-state index >= 15 is 0 Å². The molecule has 0 aliphatic carbocycles. The molecule has 0 aromatic heterocycles. The molecular formula is C12H24O2. The highest BCUT2D eigenvalue weighted by molar-refractivity contribution is 5.85. The van der Waals surface area contributed by atoms with Gasteiger partial charge in [0.05, 0.1) is 0 Å². The van der Waals surface area contributed by atoms with Crippen LogP contribution in [0.1, 0.15) is 48.0 Å². The number of Topliss-reactive ketones (excluding diaryl/α,β-unsaturated/α-hetero) is 1. The minimum atomic E-state index is -0.262. The molecule has 2 heteroatoms. The van der Waals surface area contributed by atoms with Crippen molar-refractivity contribution in [3.05, 3.63) is 0 Å². The maximum absolute atomic E-state index is 12.0. The Morgan fingerprint density at radius 1 is 1.29 bits per heavy atom. The standard InChI is InChI=1S/C12H24O2/c1-7-9(3)10(13)11(14-8-2)12(4,5)6/h9,11H,7-8H2,1-6H3. The third-order valence-electron chi connectivity index (χ3n) is 2.48. The molecule has 0 spiro atoms. The molecule has 0 saturated heterocycles. The van der Waals surface area contributed by atoms with Gasteiger partial charge in [-0.25, -0.2) is 0 Å². The van der Waals surface area contributed by atoms with E-state index in [0.29, 0.717) is 6.61 Å². The maximum atomic E-state index is 12.0. The molecule has 0 N–H and O–H groups in total. The number of ether oxygens (including phenoxy) is 1. The molecule has 0 bridgehead atoms. The Morgan fingerprint density at radius 2 is 1.79 bits per heavy atom. The van der Waals surface area contributed by atoms with Crippen LogP contribution in [0.15, 0.2) is 0 Å². The fraction of sp³-hybridized carbons (Fsp3) is 0.917. The van der Waals surface area contributed by atoms with Crippen LogP contribution in [0.4, 0.5) is 0 Å². The van der Waals surface area contributed by atoms with Crippen LogP contribution in [0, 0.1) is 11.3 Å². The third kappa shape index (κ3) is 3.79. The highest BCUT2D eigenvalue weighted by Crippen LogP contribution is 2.26. The van der Waals surface area contributed by atoms with Gasteiger partial charge in [0, 0.05) is 12.5 Å². The van der Waals surface area contributed by atoms with Crippen molar-refractivity contribution < 1.29 is 9.53 Å². The van der Waals surface area contributed by atoms with Crippen LogP contribution in [-0.4, -0.2) is 18.5 Å². The number of rotatable bonds is 5. The van der Waals surface area contributed by atoms with Gasteiger partial charge in [-0.1, -0.05) is 34.6 Å². The predicted molar refractivity (Wildman–Crippen MR) is 59.3 cm³/mol. The molecule has 2 unspecified atom stereocenters. The second kappa shape index (κ2) is 5.50. The average Bonchev–Trinajstić information content (AvgIpc) is 2.09. The van der Waals surface area contributed by atoms with Gasteiger partial charge in [-0.3, -0.25) is 4.79 Å². The highest BCUT2D eigenvalue weighted by atomic mass is 16.5. The van der Waals surface area contributed by atoms with E-state index in [1.54, 1.807) is 0 Å². The summed E-state index contributed by atoms with van der Waals surface area (Å²) in [6, 6.07) is 0. The summed E-state index contributed by atoms with van der Waals surface area (Å²) in [5, 5.41) is 0. The first kappa shape index (κ1) is 13.6. The van der Waals surface area contributed by atoms with E-state index in [1.165, 1.54) is 0 Å². The van der Waals surface area contributed by atoms with Crippen LogP contribution in [-0.2, 0) is 9.53 Å². The van der Waals surface area contributed by atoms with E-state index in [2.05, 4.69) is 0 Å². The number of ketones is 1. The molecule has 0 aromatic rings. The predicted octanol–water partition coefficient (Wildman–Crippen LogP) is 3.05. The third-order valence-corrected chi connectivity index (χ3v) is 2.48. The van der Waals surface area contributed by atoms with Crippen LogP contribution < -0.4 is 0 Å². The largest absolute Gasteiger partial charge is 0.370 e. The molecular weight excluding hydrogens is 176 g/mol. The van der Waals surface area contributed by atoms with E-state index < -0.39 is 0 Å². The molecule has 84 valence electrons. The van der Waals surface area contributed by atoms with Crippen molar-refractivity contribution in [2.45, 2.75) is 54.1 Å². The van der Waals surface area contributed by atoms with E-state index in [-0.39, 0.29) is 23.2 Å². The minimum Gasteiger partial charge on any atom is -0.370 e. The molecule has 0 fully saturated rings. The Bertz CT molecular complexity index is 179. The number of carbonyl (C=O) groups excluding carboxylic acids is 1. The molecule has 0 saturated carbocycles. The first-order valence-corrected chi connectivity index (χ1v) is 5.49. The smallest absolute Gasteiger partial charge is 0.164 e. The van der Waals surface area contributed by atoms with Crippen LogP contribution in [0.25, 0.3) is 0 Å². The number of hydrogen-bond donors (Lipinski definition) is 0.